The lowest BCUT2D eigenvalue weighted by Crippen LogP contribution is -2.46. The Hall–Kier alpha value is -0.760. The Morgan fingerprint density at radius 1 is 1.60 bits per heavy atom. The number of hydrogen-bond donors (Lipinski definition) is 1. The standard InChI is InChI=1S/C13H21NO/c1-2-11-5-3-7-13(14,9-11)10-12-6-4-8-15-12/h4,6,8,11H,2-3,5,7,9-10,14H2,1H3. The van der Waals surface area contributed by atoms with E-state index in [0.717, 1.165) is 30.9 Å². The highest BCUT2D eigenvalue weighted by atomic mass is 16.3. The first-order valence-electron chi connectivity index (χ1n) is 6.03. The van der Waals surface area contributed by atoms with Gasteiger partial charge in [-0.2, -0.15) is 0 Å². The Balaban J connectivity index is 1.99. The summed E-state index contributed by atoms with van der Waals surface area (Å²) in [7, 11) is 0. The van der Waals surface area contributed by atoms with Gasteiger partial charge in [0, 0.05) is 12.0 Å². The molecule has 1 saturated carbocycles. The molecule has 2 atom stereocenters. The molecule has 0 aromatic carbocycles. The van der Waals surface area contributed by atoms with Gasteiger partial charge in [0.2, 0.25) is 0 Å². The van der Waals surface area contributed by atoms with Crippen molar-refractivity contribution >= 4 is 0 Å². The SMILES string of the molecule is CCC1CCCC(N)(Cc2ccco2)C1. The van der Waals surface area contributed by atoms with Crippen molar-refractivity contribution in [2.45, 2.75) is 51.0 Å². The highest BCUT2D eigenvalue weighted by Crippen LogP contribution is 2.34. The zero-order chi connectivity index (χ0) is 10.7. The summed E-state index contributed by atoms with van der Waals surface area (Å²) in [4.78, 5) is 0. The highest BCUT2D eigenvalue weighted by molar-refractivity contribution is 5.05. The zero-order valence-electron chi connectivity index (χ0n) is 9.54. The molecule has 2 N–H and O–H groups in total. The van der Waals surface area contributed by atoms with Crippen molar-refractivity contribution in [1.29, 1.82) is 0 Å². The van der Waals surface area contributed by atoms with E-state index in [0.29, 0.717) is 0 Å². The second-order valence-electron chi connectivity index (χ2n) is 4.99. The normalized spacial score (nSPS) is 31.7. The van der Waals surface area contributed by atoms with Gasteiger partial charge in [0.1, 0.15) is 5.76 Å². The van der Waals surface area contributed by atoms with Crippen molar-refractivity contribution in [3.05, 3.63) is 24.2 Å². The lowest BCUT2D eigenvalue weighted by Gasteiger charge is -2.37. The predicted octanol–water partition coefficient (Wildman–Crippen LogP) is 3.12. The van der Waals surface area contributed by atoms with Crippen LogP contribution in [0.3, 0.4) is 0 Å². The van der Waals surface area contributed by atoms with Gasteiger partial charge in [-0.15, -0.1) is 0 Å². The topological polar surface area (TPSA) is 39.2 Å². The van der Waals surface area contributed by atoms with Crippen molar-refractivity contribution < 1.29 is 4.42 Å². The predicted molar refractivity (Wildman–Crippen MR) is 61.6 cm³/mol. The molecule has 84 valence electrons. The van der Waals surface area contributed by atoms with Gasteiger partial charge in [0.25, 0.3) is 0 Å². The minimum absolute atomic E-state index is 0.0171. The molecular formula is C13H21NO. The molecule has 1 heterocycles. The van der Waals surface area contributed by atoms with Crippen molar-refractivity contribution in [3.63, 3.8) is 0 Å². The van der Waals surface area contributed by atoms with Crippen LogP contribution in [0.25, 0.3) is 0 Å². The second-order valence-corrected chi connectivity index (χ2v) is 4.99. The van der Waals surface area contributed by atoms with E-state index in [4.69, 9.17) is 10.2 Å². The summed E-state index contributed by atoms with van der Waals surface area (Å²) in [5.41, 5.74) is 6.44. The maximum atomic E-state index is 6.46. The van der Waals surface area contributed by atoms with E-state index >= 15 is 0 Å². The highest BCUT2D eigenvalue weighted by Gasteiger charge is 2.32. The third-order valence-corrected chi connectivity index (χ3v) is 3.67. The lowest BCUT2D eigenvalue weighted by atomic mass is 9.73. The third kappa shape index (κ3) is 2.63. The molecule has 2 rings (SSSR count). The maximum Gasteiger partial charge on any atom is 0.105 e. The van der Waals surface area contributed by atoms with Gasteiger partial charge in [0.15, 0.2) is 0 Å². The van der Waals surface area contributed by atoms with E-state index in [9.17, 15) is 0 Å². The first-order valence-corrected chi connectivity index (χ1v) is 6.03. The molecule has 15 heavy (non-hydrogen) atoms. The van der Waals surface area contributed by atoms with Crippen LogP contribution in [-0.4, -0.2) is 5.54 Å². The first-order chi connectivity index (χ1) is 7.22. The molecule has 1 aliphatic rings. The van der Waals surface area contributed by atoms with Gasteiger partial charge in [-0.25, -0.2) is 0 Å². The molecule has 1 fully saturated rings. The van der Waals surface area contributed by atoms with Gasteiger partial charge in [0.05, 0.1) is 6.26 Å². The fourth-order valence-corrected chi connectivity index (χ4v) is 2.79. The van der Waals surface area contributed by atoms with Gasteiger partial charge in [-0.1, -0.05) is 26.2 Å². The zero-order valence-corrected chi connectivity index (χ0v) is 9.54. The maximum absolute atomic E-state index is 6.46. The van der Waals surface area contributed by atoms with Crippen LogP contribution in [0.15, 0.2) is 22.8 Å². The molecule has 0 aliphatic heterocycles. The van der Waals surface area contributed by atoms with Gasteiger partial charge >= 0.3 is 0 Å². The molecule has 0 radical (unpaired) electrons. The molecule has 0 saturated heterocycles. The fraction of sp³-hybridized carbons (Fsp3) is 0.692. The quantitative estimate of drug-likeness (QED) is 0.827. The van der Waals surface area contributed by atoms with Crippen LogP contribution in [-0.2, 0) is 6.42 Å². The van der Waals surface area contributed by atoms with Crippen molar-refractivity contribution in [2.24, 2.45) is 11.7 Å². The van der Waals surface area contributed by atoms with Crippen LogP contribution < -0.4 is 5.73 Å². The van der Waals surface area contributed by atoms with E-state index in [1.54, 1.807) is 6.26 Å². The average molecular weight is 207 g/mol. The van der Waals surface area contributed by atoms with E-state index < -0.39 is 0 Å². The van der Waals surface area contributed by atoms with Crippen LogP contribution in [0.1, 0.15) is 44.8 Å². The Labute approximate surface area is 91.8 Å². The van der Waals surface area contributed by atoms with Crippen LogP contribution in [0.2, 0.25) is 0 Å². The summed E-state index contributed by atoms with van der Waals surface area (Å²) >= 11 is 0. The van der Waals surface area contributed by atoms with Gasteiger partial charge in [-0.05, 0) is 30.9 Å². The van der Waals surface area contributed by atoms with E-state index in [1.807, 2.05) is 12.1 Å². The minimum Gasteiger partial charge on any atom is -0.469 e. The van der Waals surface area contributed by atoms with E-state index in [2.05, 4.69) is 6.92 Å². The molecule has 2 heteroatoms. The second kappa shape index (κ2) is 4.40. The van der Waals surface area contributed by atoms with E-state index in [-0.39, 0.29) is 5.54 Å². The van der Waals surface area contributed by atoms with Crippen molar-refractivity contribution in [1.82, 2.24) is 0 Å². The van der Waals surface area contributed by atoms with Crippen LogP contribution in [0.4, 0.5) is 0 Å². The summed E-state index contributed by atoms with van der Waals surface area (Å²) in [6.07, 6.45) is 8.82. The lowest BCUT2D eigenvalue weighted by molar-refractivity contribution is 0.210. The molecule has 2 nitrogen and oxygen atoms in total. The molecule has 1 aromatic heterocycles. The number of nitrogens with two attached hydrogens (primary N) is 1. The summed E-state index contributed by atoms with van der Waals surface area (Å²) in [5.74, 6) is 1.85. The summed E-state index contributed by atoms with van der Waals surface area (Å²) in [5, 5.41) is 0. The van der Waals surface area contributed by atoms with Crippen molar-refractivity contribution in [3.8, 4) is 0 Å². The Kier molecular flexibility index (Phi) is 3.15. The minimum atomic E-state index is -0.0171. The molecule has 1 aromatic rings. The number of furan rings is 1. The molecule has 1 aliphatic carbocycles. The molecule has 0 amide bonds. The van der Waals surface area contributed by atoms with Crippen LogP contribution in [0.5, 0.6) is 0 Å². The van der Waals surface area contributed by atoms with Gasteiger partial charge in [-0.3, -0.25) is 0 Å². The summed E-state index contributed by atoms with van der Waals surface area (Å²) < 4.78 is 5.39. The van der Waals surface area contributed by atoms with Gasteiger partial charge < -0.3 is 10.2 Å². The molecule has 2 unspecified atom stereocenters. The smallest absolute Gasteiger partial charge is 0.105 e. The number of rotatable bonds is 3. The Bertz CT molecular complexity index is 293. The third-order valence-electron chi connectivity index (χ3n) is 3.67. The molecule has 0 bridgehead atoms. The average Bonchev–Trinajstić information content (AvgIpc) is 2.69. The number of hydrogen-bond acceptors (Lipinski definition) is 2. The fourth-order valence-electron chi connectivity index (χ4n) is 2.79. The van der Waals surface area contributed by atoms with Crippen molar-refractivity contribution in [2.75, 3.05) is 0 Å². The Morgan fingerprint density at radius 3 is 3.13 bits per heavy atom. The first kappa shape index (κ1) is 10.7. The van der Waals surface area contributed by atoms with Crippen LogP contribution >= 0.6 is 0 Å². The Morgan fingerprint density at radius 2 is 2.47 bits per heavy atom. The summed E-state index contributed by atoms with van der Waals surface area (Å²) in [6.45, 7) is 2.27. The van der Waals surface area contributed by atoms with E-state index in [1.165, 1.54) is 19.3 Å². The summed E-state index contributed by atoms with van der Waals surface area (Å²) in [6, 6.07) is 3.98. The monoisotopic (exact) mass is 207 g/mol. The largest absolute Gasteiger partial charge is 0.469 e. The van der Waals surface area contributed by atoms with Crippen LogP contribution in [0, 0.1) is 5.92 Å². The molecule has 0 spiro atoms. The molecular weight excluding hydrogens is 186 g/mol.